The predicted molar refractivity (Wildman–Crippen MR) is 89.0 cm³/mol. The molecule has 0 spiro atoms. The SMILES string of the molecule is C[C@H](OC(=O)/C=C/c1ccsc1)C(=O)Nc1ccc(Cl)cc1. The Morgan fingerprint density at radius 1 is 1.27 bits per heavy atom. The molecule has 0 aliphatic heterocycles. The molecular weight excluding hydrogens is 322 g/mol. The van der Waals surface area contributed by atoms with Crippen LogP contribution >= 0.6 is 22.9 Å². The van der Waals surface area contributed by atoms with Crippen molar-refractivity contribution in [2.75, 3.05) is 5.32 Å². The molecule has 0 radical (unpaired) electrons. The number of benzene rings is 1. The summed E-state index contributed by atoms with van der Waals surface area (Å²) in [5, 5.41) is 7.04. The fraction of sp³-hybridized carbons (Fsp3) is 0.125. The molecule has 1 heterocycles. The summed E-state index contributed by atoms with van der Waals surface area (Å²) in [5.41, 5.74) is 1.51. The number of esters is 1. The van der Waals surface area contributed by atoms with Gasteiger partial charge in [0.15, 0.2) is 6.10 Å². The van der Waals surface area contributed by atoms with Crippen molar-refractivity contribution < 1.29 is 14.3 Å². The van der Waals surface area contributed by atoms with Gasteiger partial charge in [-0.25, -0.2) is 4.79 Å². The number of hydrogen-bond acceptors (Lipinski definition) is 4. The molecule has 1 atom stereocenters. The number of anilines is 1. The standard InChI is InChI=1S/C16H14ClNO3S/c1-11(16(20)18-14-5-3-13(17)4-6-14)21-15(19)7-2-12-8-9-22-10-12/h2-11H,1H3,(H,18,20)/b7-2+/t11-/m0/s1. The number of amides is 1. The van der Waals surface area contributed by atoms with Crippen molar-refractivity contribution >= 4 is 46.6 Å². The lowest BCUT2D eigenvalue weighted by atomic mass is 10.3. The number of nitrogens with one attached hydrogen (secondary N) is 1. The average Bonchev–Trinajstić information content (AvgIpc) is 3.01. The molecule has 4 nitrogen and oxygen atoms in total. The third-order valence-electron chi connectivity index (χ3n) is 2.73. The fourth-order valence-corrected chi connectivity index (χ4v) is 2.33. The second-order valence-corrected chi connectivity index (χ2v) is 5.68. The van der Waals surface area contributed by atoms with Crippen LogP contribution in [0.4, 0.5) is 5.69 Å². The van der Waals surface area contributed by atoms with E-state index in [0.29, 0.717) is 10.7 Å². The van der Waals surface area contributed by atoms with Crippen LogP contribution in [0.3, 0.4) is 0 Å². The molecule has 0 saturated carbocycles. The van der Waals surface area contributed by atoms with Gasteiger partial charge < -0.3 is 10.1 Å². The first kappa shape index (κ1) is 16.3. The van der Waals surface area contributed by atoms with Gasteiger partial charge in [-0.15, -0.1) is 0 Å². The molecule has 0 fully saturated rings. The lowest BCUT2D eigenvalue weighted by Crippen LogP contribution is -2.29. The minimum absolute atomic E-state index is 0.403. The molecule has 22 heavy (non-hydrogen) atoms. The summed E-state index contributed by atoms with van der Waals surface area (Å²) in [6.45, 7) is 1.52. The first-order valence-electron chi connectivity index (χ1n) is 6.52. The summed E-state index contributed by atoms with van der Waals surface area (Å²) in [4.78, 5) is 23.6. The van der Waals surface area contributed by atoms with E-state index in [1.54, 1.807) is 30.3 Å². The molecule has 114 valence electrons. The van der Waals surface area contributed by atoms with Crippen molar-refractivity contribution in [3.8, 4) is 0 Å². The van der Waals surface area contributed by atoms with Gasteiger partial charge in [0.25, 0.3) is 5.91 Å². The zero-order valence-corrected chi connectivity index (χ0v) is 13.4. The molecule has 1 aromatic heterocycles. The maximum absolute atomic E-state index is 11.9. The molecule has 1 N–H and O–H groups in total. The van der Waals surface area contributed by atoms with E-state index in [1.165, 1.54) is 24.3 Å². The van der Waals surface area contributed by atoms with Crippen LogP contribution in [0.25, 0.3) is 6.08 Å². The average molecular weight is 336 g/mol. The maximum Gasteiger partial charge on any atom is 0.331 e. The van der Waals surface area contributed by atoms with Crippen molar-refractivity contribution in [1.29, 1.82) is 0 Å². The molecular formula is C16H14ClNO3S. The van der Waals surface area contributed by atoms with Crippen molar-refractivity contribution in [3.05, 3.63) is 57.8 Å². The lowest BCUT2D eigenvalue weighted by molar-refractivity contribution is -0.148. The molecule has 6 heteroatoms. The Balaban J connectivity index is 1.85. The van der Waals surface area contributed by atoms with Crippen LogP contribution in [0, 0.1) is 0 Å². The first-order valence-corrected chi connectivity index (χ1v) is 7.84. The monoisotopic (exact) mass is 335 g/mol. The minimum Gasteiger partial charge on any atom is -0.449 e. The van der Waals surface area contributed by atoms with E-state index in [-0.39, 0.29) is 0 Å². The molecule has 2 rings (SSSR count). The first-order chi connectivity index (χ1) is 10.5. The zero-order chi connectivity index (χ0) is 15.9. The topological polar surface area (TPSA) is 55.4 Å². The summed E-state index contributed by atoms with van der Waals surface area (Å²) < 4.78 is 5.05. The Morgan fingerprint density at radius 3 is 2.64 bits per heavy atom. The predicted octanol–water partition coefficient (Wildman–Crippen LogP) is 3.99. The summed E-state index contributed by atoms with van der Waals surface area (Å²) in [5.74, 6) is -0.968. The fourth-order valence-electron chi connectivity index (χ4n) is 1.58. The number of carbonyl (C=O) groups is 2. The minimum atomic E-state index is -0.893. The van der Waals surface area contributed by atoms with Crippen molar-refractivity contribution in [3.63, 3.8) is 0 Å². The van der Waals surface area contributed by atoms with Crippen molar-refractivity contribution in [2.24, 2.45) is 0 Å². The normalized spacial score (nSPS) is 12.1. The highest BCUT2D eigenvalue weighted by Gasteiger charge is 2.16. The molecule has 1 amide bonds. The van der Waals surface area contributed by atoms with E-state index in [0.717, 1.165) is 5.56 Å². The van der Waals surface area contributed by atoms with E-state index in [2.05, 4.69) is 5.32 Å². The molecule has 2 aromatic rings. The Morgan fingerprint density at radius 2 is 2.00 bits per heavy atom. The lowest BCUT2D eigenvalue weighted by Gasteiger charge is -2.12. The Labute approximate surface area is 137 Å². The van der Waals surface area contributed by atoms with Crippen LogP contribution in [0.1, 0.15) is 12.5 Å². The van der Waals surface area contributed by atoms with Gasteiger partial charge in [0.05, 0.1) is 0 Å². The van der Waals surface area contributed by atoms with Gasteiger partial charge in [-0.1, -0.05) is 11.6 Å². The molecule has 0 saturated heterocycles. The van der Waals surface area contributed by atoms with Gasteiger partial charge in [-0.05, 0) is 59.7 Å². The van der Waals surface area contributed by atoms with Gasteiger partial charge in [-0.3, -0.25) is 4.79 Å². The Hall–Kier alpha value is -2.11. The van der Waals surface area contributed by atoms with Crippen LogP contribution in [0.15, 0.2) is 47.2 Å². The van der Waals surface area contributed by atoms with E-state index in [1.807, 2.05) is 16.8 Å². The largest absolute Gasteiger partial charge is 0.449 e. The van der Waals surface area contributed by atoms with Crippen LogP contribution < -0.4 is 5.32 Å². The van der Waals surface area contributed by atoms with E-state index in [4.69, 9.17) is 16.3 Å². The molecule has 1 aromatic carbocycles. The van der Waals surface area contributed by atoms with Gasteiger partial charge >= 0.3 is 5.97 Å². The highest BCUT2D eigenvalue weighted by atomic mass is 35.5. The number of carbonyl (C=O) groups excluding carboxylic acids is 2. The van der Waals surface area contributed by atoms with Crippen molar-refractivity contribution in [2.45, 2.75) is 13.0 Å². The van der Waals surface area contributed by atoms with E-state index >= 15 is 0 Å². The third-order valence-corrected chi connectivity index (χ3v) is 3.68. The second-order valence-electron chi connectivity index (χ2n) is 4.47. The number of thiophene rings is 1. The number of halogens is 1. The molecule has 0 aliphatic carbocycles. The van der Waals surface area contributed by atoms with Crippen molar-refractivity contribution in [1.82, 2.24) is 0 Å². The van der Waals surface area contributed by atoms with E-state index in [9.17, 15) is 9.59 Å². The summed E-state index contributed by atoms with van der Waals surface area (Å²) in [6, 6.07) is 8.55. The van der Waals surface area contributed by atoms with Gasteiger partial charge in [0.2, 0.25) is 0 Å². The van der Waals surface area contributed by atoms with Crippen LogP contribution in [-0.2, 0) is 14.3 Å². The highest BCUT2D eigenvalue weighted by molar-refractivity contribution is 7.08. The van der Waals surface area contributed by atoms with Gasteiger partial charge in [0, 0.05) is 16.8 Å². The highest BCUT2D eigenvalue weighted by Crippen LogP contribution is 2.14. The Bertz CT molecular complexity index is 665. The van der Waals surface area contributed by atoms with Crippen LogP contribution in [0.5, 0.6) is 0 Å². The molecule has 0 aliphatic rings. The van der Waals surface area contributed by atoms with Crippen LogP contribution in [-0.4, -0.2) is 18.0 Å². The smallest absolute Gasteiger partial charge is 0.331 e. The zero-order valence-electron chi connectivity index (χ0n) is 11.8. The number of ether oxygens (including phenoxy) is 1. The Kier molecular flexibility index (Phi) is 5.75. The third kappa shape index (κ3) is 5.02. The number of rotatable bonds is 5. The van der Waals surface area contributed by atoms with E-state index < -0.39 is 18.0 Å². The number of hydrogen-bond donors (Lipinski definition) is 1. The van der Waals surface area contributed by atoms with Gasteiger partial charge in [-0.2, -0.15) is 11.3 Å². The van der Waals surface area contributed by atoms with Crippen LogP contribution in [0.2, 0.25) is 5.02 Å². The molecule has 0 bridgehead atoms. The summed E-state index contributed by atoms with van der Waals surface area (Å²) >= 11 is 7.30. The van der Waals surface area contributed by atoms with Gasteiger partial charge in [0.1, 0.15) is 0 Å². The summed E-state index contributed by atoms with van der Waals surface area (Å²) in [6.07, 6.45) is 2.05. The summed E-state index contributed by atoms with van der Waals surface area (Å²) in [7, 11) is 0. The molecule has 0 unspecified atom stereocenters. The maximum atomic E-state index is 11.9. The second kappa shape index (κ2) is 7.77. The quantitative estimate of drug-likeness (QED) is 0.664.